The Morgan fingerprint density at radius 3 is 2.68 bits per heavy atom. The van der Waals surface area contributed by atoms with Gasteiger partial charge < -0.3 is 15.7 Å². The fourth-order valence-corrected chi connectivity index (χ4v) is 2.80. The fourth-order valence-electron chi connectivity index (χ4n) is 2.80. The van der Waals surface area contributed by atoms with Crippen molar-refractivity contribution in [1.29, 1.82) is 0 Å². The summed E-state index contributed by atoms with van der Waals surface area (Å²) in [5, 5.41) is 14.1. The summed E-state index contributed by atoms with van der Waals surface area (Å²) in [6, 6.07) is 6.14. The van der Waals surface area contributed by atoms with Crippen molar-refractivity contribution in [3.8, 4) is 0 Å². The number of fused-ring (bicyclic) bond motifs is 1. The molecule has 5 nitrogen and oxygen atoms in total. The van der Waals surface area contributed by atoms with E-state index in [1.54, 1.807) is 0 Å². The summed E-state index contributed by atoms with van der Waals surface area (Å²) in [4.78, 5) is 22.2. The van der Waals surface area contributed by atoms with Crippen molar-refractivity contribution >= 4 is 12.0 Å². The molecule has 1 aromatic carbocycles. The monoisotopic (exact) mass is 304 g/mol. The average molecular weight is 304 g/mol. The predicted molar refractivity (Wildman–Crippen MR) is 84.9 cm³/mol. The van der Waals surface area contributed by atoms with Gasteiger partial charge in [-0.15, -0.1) is 0 Å². The molecule has 0 heterocycles. The fraction of sp³-hybridized carbons (Fsp3) is 0.529. The molecule has 0 radical (unpaired) electrons. The van der Waals surface area contributed by atoms with Crippen molar-refractivity contribution in [3.63, 3.8) is 0 Å². The van der Waals surface area contributed by atoms with E-state index in [0.717, 1.165) is 18.4 Å². The van der Waals surface area contributed by atoms with Crippen LogP contribution in [0.1, 0.15) is 55.3 Å². The lowest BCUT2D eigenvalue weighted by molar-refractivity contribution is -0.137. The molecule has 1 aliphatic rings. The predicted octanol–water partition coefficient (Wildman–Crippen LogP) is 2.79. The second-order valence-corrected chi connectivity index (χ2v) is 5.85. The molecule has 1 aromatic rings. The number of carbonyl (C=O) groups excluding carboxylic acids is 1. The molecule has 120 valence electrons. The topological polar surface area (TPSA) is 78.4 Å². The number of rotatable bonds is 6. The van der Waals surface area contributed by atoms with Crippen molar-refractivity contribution in [3.05, 3.63) is 34.9 Å². The first-order valence-corrected chi connectivity index (χ1v) is 7.94. The largest absolute Gasteiger partial charge is 0.481 e. The van der Waals surface area contributed by atoms with Gasteiger partial charge in [0.15, 0.2) is 0 Å². The summed E-state index contributed by atoms with van der Waals surface area (Å²) < 4.78 is 0. The van der Waals surface area contributed by atoms with E-state index in [4.69, 9.17) is 5.11 Å². The maximum atomic E-state index is 11.8. The third-order valence-electron chi connectivity index (χ3n) is 4.07. The molecule has 0 aliphatic heterocycles. The lowest BCUT2D eigenvalue weighted by Crippen LogP contribution is -2.37. The SMILES string of the molecule is C[C@@H](NC(=O)NCCCC(=O)O)c1ccc2c(c1)CCCC2. The third-order valence-corrected chi connectivity index (χ3v) is 4.07. The first kappa shape index (κ1) is 16.3. The zero-order valence-corrected chi connectivity index (χ0v) is 13.0. The molecule has 0 aromatic heterocycles. The summed E-state index contributed by atoms with van der Waals surface area (Å²) in [5.74, 6) is -0.843. The van der Waals surface area contributed by atoms with Crippen LogP contribution in [0.4, 0.5) is 4.79 Å². The minimum Gasteiger partial charge on any atom is -0.481 e. The molecule has 5 heteroatoms. The maximum Gasteiger partial charge on any atom is 0.315 e. The van der Waals surface area contributed by atoms with E-state index >= 15 is 0 Å². The molecule has 1 atom stereocenters. The number of urea groups is 1. The first-order chi connectivity index (χ1) is 10.6. The summed E-state index contributed by atoms with van der Waals surface area (Å²) in [5.41, 5.74) is 3.95. The molecule has 3 N–H and O–H groups in total. The van der Waals surface area contributed by atoms with Crippen LogP contribution in [0, 0.1) is 0 Å². The van der Waals surface area contributed by atoms with E-state index < -0.39 is 5.97 Å². The zero-order valence-electron chi connectivity index (χ0n) is 13.0. The van der Waals surface area contributed by atoms with Crippen LogP contribution in [0.15, 0.2) is 18.2 Å². The van der Waals surface area contributed by atoms with Crippen molar-refractivity contribution < 1.29 is 14.7 Å². The highest BCUT2D eigenvalue weighted by atomic mass is 16.4. The number of aryl methyl sites for hydroxylation is 2. The van der Waals surface area contributed by atoms with Crippen LogP contribution in [-0.4, -0.2) is 23.7 Å². The molecule has 0 unspecified atom stereocenters. The number of benzene rings is 1. The molecule has 0 fully saturated rings. The van der Waals surface area contributed by atoms with Crippen molar-refractivity contribution in [2.75, 3.05) is 6.54 Å². The molecule has 1 aliphatic carbocycles. The Morgan fingerprint density at radius 2 is 1.95 bits per heavy atom. The number of nitrogens with one attached hydrogen (secondary N) is 2. The smallest absolute Gasteiger partial charge is 0.315 e. The average Bonchev–Trinajstić information content (AvgIpc) is 2.51. The van der Waals surface area contributed by atoms with E-state index in [1.807, 2.05) is 6.92 Å². The van der Waals surface area contributed by atoms with Gasteiger partial charge in [-0.1, -0.05) is 18.2 Å². The first-order valence-electron chi connectivity index (χ1n) is 7.94. The van der Waals surface area contributed by atoms with Gasteiger partial charge in [-0.25, -0.2) is 4.79 Å². The summed E-state index contributed by atoms with van der Waals surface area (Å²) in [7, 11) is 0. The van der Waals surface area contributed by atoms with Gasteiger partial charge in [0.25, 0.3) is 0 Å². The lowest BCUT2D eigenvalue weighted by Gasteiger charge is -2.20. The Kier molecular flexibility index (Phi) is 5.81. The van der Waals surface area contributed by atoms with E-state index in [2.05, 4.69) is 28.8 Å². The second kappa shape index (κ2) is 7.82. The van der Waals surface area contributed by atoms with Crippen LogP contribution in [0.5, 0.6) is 0 Å². The minimum atomic E-state index is -0.843. The summed E-state index contributed by atoms with van der Waals surface area (Å²) >= 11 is 0. The number of aliphatic carboxylic acids is 1. The Hall–Kier alpha value is -2.04. The molecule has 2 amide bonds. The van der Waals surface area contributed by atoms with Crippen molar-refractivity contribution in [1.82, 2.24) is 10.6 Å². The Morgan fingerprint density at radius 1 is 1.23 bits per heavy atom. The maximum absolute atomic E-state index is 11.8. The van der Waals surface area contributed by atoms with Gasteiger partial charge in [0.2, 0.25) is 0 Å². The molecular weight excluding hydrogens is 280 g/mol. The second-order valence-electron chi connectivity index (χ2n) is 5.85. The van der Waals surface area contributed by atoms with Crippen LogP contribution >= 0.6 is 0 Å². The molecule has 2 rings (SSSR count). The van der Waals surface area contributed by atoms with Gasteiger partial charge in [-0.3, -0.25) is 4.79 Å². The molecule has 0 spiro atoms. The number of carboxylic acid groups (broad SMARTS) is 1. The molecular formula is C17H24N2O3. The minimum absolute atomic E-state index is 0.0632. The number of carbonyl (C=O) groups is 2. The van der Waals surface area contributed by atoms with Crippen LogP contribution in [0.2, 0.25) is 0 Å². The Bertz CT molecular complexity index is 543. The standard InChI is InChI=1S/C17H24N2O3/c1-12(19-17(22)18-10-4-7-16(20)21)14-9-8-13-5-2-3-6-15(13)11-14/h8-9,11-12H,2-7,10H2,1H3,(H,20,21)(H2,18,19,22)/t12-/m1/s1. The molecule has 0 saturated heterocycles. The van der Waals surface area contributed by atoms with Gasteiger partial charge in [0, 0.05) is 13.0 Å². The number of hydrogen-bond acceptors (Lipinski definition) is 2. The van der Waals surface area contributed by atoms with E-state index in [-0.39, 0.29) is 18.5 Å². The van der Waals surface area contributed by atoms with Crippen molar-refractivity contribution in [2.24, 2.45) is 0 Å². The summed E-state index contributed by atoms with van der Waals surface area (Å²) in [6.07, 6.45) is 5.29. The van der Waals surface area contributed by atoms with Crippen LogP contribution in [0.3, 0.4) is 0 Å². The van der Waals surface area contributed by atoms with E-state index in [1.165, 1.54) is 24.0 Å². The van der Waals surface area contributed by atoms with Crippen LogP contribution < -0.4 is 10.6 Å². The van der Waals surface area contributed by atoms with Crippen LogP contribution in [-0.2, 0) is 17.6 Å². The number of amides is 2. The van der Waals surface area contributed by atoms with Gasteiger partial charge >= 0.3 is 12.0 Å². The highest BCUT2D eigenvalue weighted by molar-refractivity contribution is 5.74. The molecule has 0 saturated carbocycles. The van der Waals surface area contributed by atoms with Gasteiger partial charge in [-0.2, -0.15) is 0 Å². The normalized spacial score (nSPS) is 14.8. The van der Waals surface area contributed by atoms with Gasteiger partial charge in [-0.05, 0) is 55.7 Å². The van der Waals surface area contributed by atoms with Gasteiger partial charge in [0.1, 0.15) is 0 Å². The van der Waals surface area contributed by atoms with Crippen molar-refractivity contribution in [2.45, 2.75) is 51.5 Å². The van der Waals surface area contributed by atoms with E-state index in [9.17, 15) is 9.59 Å². The van der Waals surface area contributed by atoms with E-state index in [0.29, 0.717) is 13.0 Å². The highest BCUT2D eigenvalue weighted by Gasteiger charge is 2.13. The number of hydrogen-bond donors (Lipinski definition) is 3. The number of carboxylic acids is 1. The molecule has 22 heavy (non-hydrogen) atoms. The van der Waals surface area contributed by atoms with Crippen LogP contribution in [0.25, 0.3) is 0 Å². The lowest BCUT2D eigenvalue weighted by atomic mass is 9.89. The molecule has 0 bridgehead atoms. The zero-order chi connectivity index (χ0) is 15.9. The third kappa shape index (κ3) is 4.76. The summed E-state index contributed by atoms with van der Waals surface area (Å²) in [6.45, 7) is 2.33. The Balaban J connectivity index is 1.82. The van der Waals surface area contributed by atoms with Gasteiger partial charge in [0.05, 0.1) is 6.04 Å². The Labute approximate surface area is 131 Å². The highest BCUT2D eigenvalue weighted by Crippen LogP contribution is 2.24. The quantitative estimate of drug-likeness (QED) is 0.707.